The molecule has 126 valence electrons. The zero-order valence-corrected chi connectivity index (χ0v) is 13.5. The summed E-state index contributed by atoms with van der Waals surface area (Å²) in [6.07, 6.45) is -0.508. The Morgan fingerprint density at radius 1 is 1.35 bits per heavy atom. The topological polar surface area (TPSA) is 132 Å². The fourth-order valence-electron chi connectivity index (χ4n) is 1.66. The number of rotatable bonds is 4. The van der Waals surface area contributed by atoms with Gasteiger partial charge in [-0.05, 0) is 45.4 Å². The summed E-state index contributed by atoms with van der Waals surface area (Å²) in [6.45, 7) is 7.17. The Morgan fingerprint density at radius 2 is 1.91 bits per heavy atom. The van der Waals surface area contributed by atoms with Crippen molar-refractivity contribution in [3.05, 3.63) is 39.9 Å². The molecular formula is C14H21N5O4. The number of benzene rings is 1. The summed E-state index contributed by atoms with van der Waals surface area (Å²) in [4.78, 5) is 25.8. The maximum absolute atomic E-state index is 11.7. The lowest BCUT2D eigenvalue weighted by Gasteiger charge is -2.22. The van der Waals surface area contributed by atoms with Gasteiger partial charge in [-0.15, -0.1) is 0 Å². The van der Waals surface area contributed by atoms with Gasteiger partial charge in [0.1, 0.15) is 5.60 Å². The highest BCUT2D eigenvalue weighted by Crippen LogP contribution is 2.18. The number of hydrogen-bond donors (Lipinski definition) is 3. The smallest absolute Gasteiger partial charge is 0.408 e. The van der Waals surface area contributed by atoms with E-state index in [-0.39, 0.29) is 12.0 Å². The summed E-state index contributed by atoms with van der Waals surface area (Å²) in [6, 6.07) is 6.48. The number of carbonyl (C=O) groups is 1. The molecule has 9 nitrogen and oxygen atoms in total. The fraction of sp³-hybridized carbons (Fsp3) is 0.429. The molecule has 23 heavy (non-hydrogen) atoms. The first-order valence-corrected chi connectivity index (χ1v) is 6.91. The Bertz CT molecular complexity index is 592. The van der Waals surface area contributed by atoms with Gasteiger partial charge in [0.15, 0.2) is 5.03 Å². The van der Waals surface area contributed by atoms with E-state index in [2.05, 4.69) is 10.3 Å². The summed E-state index contributed by atoms with van der Waals surface area (Å²) in [5.74, 6) is -0.317. The Hall–Kier alpha value is -2.84. The van der Waals surface area contributed by atoms with Crippen molar-refractivity contribution in [1.29, 1.82) is 0 Å². The number of nitrogens with one attached hydrogen (secondary N) is 2. The molecule has 9 heteroatoms. The first-order chi connectivity index (χ1) is 10.6. The first-order valence-electron chi connectivity index (χ1n) is 6.91. The Labute approximate surface area is 134 Å². The Balaban J connectivity index is 2.69. The van der Waals surface area contributed by atoms with E-state index in [4.69, 9.17) is 10.5 Å². The van der Waals surface area contributed by atoms with Crippen molar-refractivity contribution in [3.8, 4) is 0 Å². The lowest BCUT2D eigenvalue weighted by Crippen LogP contribution is -2.35. The zero-order chi connectivity index (χ0) is 17.6. The summed E-state index contributed by atoms with van der Waals surface area (Å²) >= 11 is 0. The third-order valence-electron chi connectivity index (χ3n) is 2.58. The number of amides is 1. The summed E-state index contributed by atoms with van der Waals surface area (Å²) in [5, 5.41) is 12.2. The largest absolute Gasteiger partial charge is 0.444 e. The fourth-order valence-corrected chi connectivity index (χ4v) is 1.66. The van der Waals surface area contributed by atoms with Crippen molar-refractivity contribution in [1.82, 2.24) is 10.7 Å². The summed E-state index contributed by atoms with van der Waals surface area (Å²) in [7, 11) is 0. The Kier molecular flexibility index (Phi) is 5.88. The molecule has 0 aromatic heterocycles. The van der Waals surface area contributed by atoms with E-state index in [1.54, 1.807) is 50.5 Å². The molecule has 0 aliphatic carbocycles. The average molecular weight is 323 g/mol. The van der Waals surface area contributed by atoms with Crippen LogP contribution in [0.4, 0.5) is 10.5 Å². The zero-order valence-electron chi connectivity index (χ0n) is 13.5. The number of carbonyl (C=O) groups excluding carboxylic acids is 1. The van der Waals surface area contributed by atoms with Crippen molar-refractivity contribution >= 4 is 17.7 Å². The number of guanidine groups is 1. The number of ether oxygens (including phenoxy) is 1. The molecule has 4 N–H and O–H groups in total. The van der Waals surface area contributed by atoms with Crippen LogP contribution in [0.25, 0.3) is 0 Å². The molecule has 1 unspecified atom stereocenters. The van der Waals surface area contributed by atoms with Crippen LogP contribution in [0.15, 0.2) is 29.3 Å². The number of alkyl carbamates (subject to hydrolysis) is 1. The van der Waals surface area contributed by atoms with Crippen LogP contribution in [-0.2, 0) is 4.74 Å². The molecule has 0 radical (unpaired) electrons. The molecule has 0 bridgehead atoms. The standard InChI is InChI=1S/C14H21N5O4/c1-9(16-13(20)23-14(2,3)4)10-5-7-11(8-6-10)17-12(15)18-19(21)22/h5-9H,1-4H3,(H,16,20)(H3,15,17,18). The van der Waals surface area contributed by atoms with E-state index in [1.165, 1.54) is 0 Å². The number of nitrogens with two attached hydrogens (primary N) is 1. The minimum Gasteiger partial charge on any atom is -0.444 e. The van der Waals surface area contributed by atoms with Crippen LogP contribution in [0, 0.1) is 10.1 Å². The van der Waals surface area contributed by atoms with E-state index in [0.29, 0.717) is 5.69 Å². The van der Waals surface area contributed by atoms with E-state index in [1.807, 2.05) is 6.92 Å². The molecule has 1 rings (SSSR count). The molecule has 1 aromatic rings. The van der Waals surface area contributed by atoms with Gasteiger partial charge in [0.2, 0.25) is 0 Å². The van der Waals surface area contributed by atoms with Crippen LogP contribution in [0.5, 0.6) is 0 Å². The molecule has 0 saturated heterocycles. The SMILES string of the molecule is CC(NC(=O)OC(C)(C)C)c1ccc(N=C(N)N[N+](=O)[O-])cc1. The molecule has 1 atom stereocenters. The number of hydrazine groups is 1. The minimum atomic E-state index is -0.792. The maximum Gasteiger partial charge on any atom is 0.408 e. The predicted molar refractivity (Wildman–Crippen MR) is 85.6 cm³/mol. The second kappa shape index (κ2) is 7.43. The molecule has 0 heterocycles. The van der Waals surface area contributed by atoms with Gasteiger partial charge in [-0.3, -0.25) is 0 Å². The number of hydrogen-bond acceptors (Lipinski definition) is 5. The molecule has 0 aliphatic rings. The van der Waals surface area contributed by atoms with Crippen molar-refractivity contribution < 1.29 is 14.6 Å². The lowest BCUT2D eigenvalue weighted by molar-refractivity contribution is -0.525. The number of nitro groups is 1. The van der Waals surface area contributed by atoms with Gasteiger partial charge in [0.05, 0.1) is 11.7 Å². The normalized spacial score (nSPS) is 13.1. The molecule has 1 amide bonds. The van der Waals surface area contributed by atoms with E-state index >= 15 is 0 Å². The highest BCUT2D eigenvalue weighted by Gasteiger charge is 2.18. The van der Waals surface area contributed by atoms with Gasteiger partial charge in [-0.2, -0.15) is 0 Å². The summed E-state index contributed by atoms with van der Waals surface area (Å²) in [5.41, 5.74) is 7.82. The van der Waals surface area contributed by atoms with Gasteiger partial charge >= 0.3 is 6.09 Å². The van der Waals surface area contributed by atoms with Crippen LogP contribution in [0.3, 0.4) is 0 Å². The van der Waals surface area contributed by atoms with Crippen molar-refractivity contribution in [2.75, 3.05) is 0 Å². The molecule has 0 aliphatic heterocycles. The van der Waals surface area contributed by atoms with Crippen LogP contribution >= 0.6 is 0 Å². The van der Waals surface area contributed by atoms with Gasteiger partial charge in [0, 0.05) is 0 Å². The highest BCUT2D eigenvalue weighted by atomic mass is 16.7. The van der Waals surface area contributed by atoms with Crippen LogP contribution < -0.4 is 16.5 Å². The molecule has 1 aromatic carbocycles. The lowest BCUT2D eigenvalue weighted by atomic mass is 10.1. The predicted octanol–water partition coefficient (Wildman–Crippen LogP) is 2.00. The highest BCUT2D eigenvalue weighted by molar-refractivity contribution is 5.79. The third kappa shape index (κ3) is 7.11. The van der Waals surface area contributed by atoms with E-state index in [9.17, 15) is 14.9 Å². The third-order valence-corrected chi connectivity index (χ3v) is 2.58. The molecule has 0 saturated carbocycles. The first kappa shape index (κ1) is 18.2. The number of aliphatic imine (C=N–C) groups is 1. The minimum absolute atomic E-state index is 0.267. The second-order valence-electron chi connectivity index (χ2n) is 5.83. The van der Waals surface area contributed by atoms with Crippen LogP contribution in [-0.4, -0.2) is 22.7 Å². The molecule has 0 fully saturated rings. The van der Waals surface area contributed by atoms with E-state index in [0.717, 1.165) is 5.56 Å². The van der Waals surface area contributed by atoms with Crippen LogP contribution in [0.2, 0.25) is 0 Å². The maximum atomic E-state index is 11.7. The Morgan fingerprint density at radius 3 is 2.39 bits per heavy atom. The van der Waals surface area contributed by atoms with Gasteiger partial charge < -0.3 is 15.8 Å². The van der Waals surface area contributed by atoms with Gasteiger partial charge in [-0.25, -0.2) is 19.9 Å². The monoisotopic (exact) mass is 323 g/mol. The van der Waals surface area contributed by atoms with Crippen molar-refractivity contribution in [2.45, 2.75) is 39.3 Å². The summed E-state index contributed by atoms with van der Waals surface area (Å²) < 4.78 is 5.18. The van der Waals surface area contributed by atoms with E-state index < -0.39 is 16.7 Å². The number of nitrogens with zero attached hydrogens (tertiary/aromatic N) is 2. The molecule has 0 spiro atoms. The quantitative estimate of drug-likeness (QED) is 0.336. The molecular weight excluding hydrogens is 302 g/mol. The van der Waals surface area contributed by atoms with Crippen molar-refractivity contribution in [2.24, 2.45) is 10.7 Å². The van der Waals surface area contributed by atoms with Gasteiger partial charge in [0.25, 0.3) is 5.96 Å². The second-order valence-corrected chi connectivity index (χ2v) is 5.83. The average Bonchev–Trinajstić information content (AvgIpc) is 2.35. The van der Waals surface area contributed by atoms with Crippen LogP contribution in [0.1, 0.15) is 39.3 Å². The van der Waals surface area contributed by atoms with Crippen molar-refractivity contribution in [3.63, 3.8) is 0 Å². The van der Waals surface area contributed by atoms with Gasteiger partial charge in [-0.1, -0.05) is 17.6 Å².